The van der Waals surface area contributed by atoms with Crippen molar-refractivity contribution in [2.75, 3.05) is 27.7 Å². The van der Waals surface area contributed by atoms with E-state index in [1.807, 2.05) is 32.7 Å². The van der Waals surface area contributed by atoms with Gasteiger partial charge in [-0.2, -0.15) is 0 Å². The van der Waals surface area contributed by atoms with Crippen LogP contribution in [0, 0.1) is 17.8 Å². The maximum atomic E-state index is 14.2. The molecule has 0 unspecified atom stereocenters. The van der Waals surface area contributed by atoms with Crippen molar-refractivity contribution in [2.24, 2.45) is 17.8 Å². The fourth-order valence-corrected chi connectivity index (χ4v) is 8.53. The Bertz CT molecular complexity index is 1110. The quantitative estimate of drug-likeness (QED) is 0.207. The van der Waals surface area contributed by atoms with Crippen LogP contribution in [-0.2, 0) is 33.2 Å². The topological polar surface area (TPSA) is 189 Å². The van der Waals surface area contributed by atoms with Crippen molar-refractivity contribution in [3.8, 4) is 0 Å². The molecule has 3 saturated heterocycles. The van der Waals surface area contributed by atoms with Crippen LogP contribution in [0.4, 0.5) is 0 Å². The number of hydrogen-bond acceptors (Lipinski definition) is 14. The highest BCUT2D eigenvalue weighted by Crippen LogP contribution is 2.40. The van der Waals surface area contributed by atoms with Gasteiger partial charge in [0.05, 0.1) is 41.5 Å². The molecule has 0 saturated carbocycles. The molecule has 0 bridgehead atoms. The van der Waals surface area contributed by atoms with Crippen LogP contribution in [0.2, 0.25) is 0 Å². The van der Waals surface area contributed by atoms with Crippen LogP contribution in [-0.4, -0.2) is 154 Å². The normalized spacial score (nSPS) is 50.2. The molecule has 6 N–H and O–H groups in total. The predicted molar refractivity (Wildman–Crippen MR) is 190 cm³/mol. The van der Waals surface area contributed by atoms with E-state index in [1.165, 1.54) is 14.0 Å². The van der Waals surface area contributed by atoms with Crippen molar-refractivity contribution in [1.82, 2.24) is 10.2 Å². The molecule has 0 aliphatic carbocycles. The van der Waals surface area contributed by atoms with Crippen LogP contribution in [0.1, 0.15) is 94.9 Å². The van der Waals surface area contributed by atoms with Gasteiger partial charge in [-0.05, 0) is 87.7 Å². The van der Waals surface area contributed by atoms with Gasteiger partial charge in [0.25, 0.3) is 0 Å². The summed E-state index contributed by atoms with van der Waals surface area (Å²) in [6.45, 7) is 18.0. The van der Waals surface area contributed by atoms with Gasteiger partial charge < -0.3 is 64.2 Å². The molecule has 3 fully saturated rings. The van der Waals surface area contributed by atoms with E-state index in [1.54, 1.807) is 48.6 Å². The Morgan fingerprint density at radius 2 is 1.59 bits per heavy atom. The van der Waals surface area contributed by atoms with E-state index >= 15 is 0 Å². The molecule has 0 spiro atoms. The molecule has 0 aromatic rings. The zero-order chi connectivity index (χ0) is 38.8. The number of nitrogens with zero attached hydrogens (tertiary/aromatic N) is 1. The van der Waals surface area contributed by atoms with Crippen LogP contribution in [0.5, 0.6) is 0 Å². The zero-order valence-electron chi connectivity index (χ0n) is 33.2. The molecule has 3 aliphatic heterocycles. The fraction of sp³-hybridized carbons (Fsp3) is 0.973. The summed E-state index contributed by atoms with van der Waals surface area (Å²) in [6.07, 6.45) is -8.24. The van der Waals surface area contributed by atoms with Gasteiger partial charge in [-0.1, -0.05) is 20.8 Å². The first-order chi connectivity index (χ1) is 23.5. The van der Waals surface area contributed by atoms with Crippen molar-refractivity contribution in [3.05, 3.63) is 0 Å². The molecular weight excluding hydrogens is 664 g/mol. The highest BCUT2D eigenvalue weighted by Gasteiger charge is 2.52. The van der Waals surface area contributed by atoms with Crippen molar-refractivity contribution in [2.45, 2.75) is 185 Å². The van der Waals surface area contributed by atoms with E-state index in [-0.39, 0.29) is 37.3 Å². The number of carbonyl (C=O) groups is 1. The smallest absolute Gasteiger partial charge is 0.311 e. The Labute approximate surface area is 305 Å². The third-order valence-electron chi connectivity index (χ3n) is 11.9. The summed E-state index contributed by atoms with van der Waals surface area (Å²) in [4.78, 5) is 16.1. The first-order valence-electron chi connectivity index (χ1n) is 18.8. The summed E-state index contributed by atoms with van der Waals surface area (Å²) in [5, 5.41) is 61.0. The molecule has 18 atom stereocenters. The lowest BCUT2D eigenvalue weighted by atomic mass is 9.77. The summed E-state index contributed by atoms with van der Waals surface area (Å²) in [6, 6.07) is -0.858. The Kier molecular flexibility index (Phi) is 15.3. The summed E-state index contributed by atoms with van der Waals surface area (Å²) in [7, 11) is 5.10. The summed E-state index contributed by atoms with van der Waals surface area (Å²) in [5.41, 5.74) is -4.37. The lowest BCUT2D eigenvalue weighted by molar-refractivity contribution is -0.316. The molecular formula is C37H70N2O12. The molecule has 0 radical (unpaired) electrons. The molecule has 0 aromatic carbocycles. The standard InChI is InChI=1S/C37H70N2O12/c1-14-26-37(10,45)30(41)23(6)39(12)18-19(2)16-35(8,44)32(51-34-28(40)25(38-11)15-20(3)47-34)21(4)29(22(5)33(43)49-26)50-27-17-36(9,46-13)31(42)24(7)48-27/h19-32,34,38,40-42,44-45H,14-18H2,1-13H3/t19-,20-,21+,22-,23-,24+,25+,26-,27+,28-,29+,30+,31+,32-,34+,35-,36-,37-/m1/s1. The Balaban J connectivity index is 2.16. The van der Waals surface area contributed by atoms with E-state index in [0.717, 1.165) is 0 Å². The van der Waals surface area contributed by atoms with Crippen LogP contribution in [0.15, 0.2) is 0 Å². The molecule has 0 aromatic heterocycles. The van der Waals surface area contributed by atoms with E-state index < -0.39 is 96.0 Å². The molecule has 3 heterocycles. The number of esters is 1. The number of nitrogens with one attached hydrogen (secondary N) is 1. The summed E-state index contributed by atoms with van der Waals surface area (Å²) < 4.78 is 37.3. The first kappa shape index (κ1) is 44.4. The second kappa shape index (κ2) is 17.6. The average Bonchev–Trinajstić information content (AvgIpc) is 3.05. The number of methoxy groups -OCH3 is 1. The maximum Gasteiger partial charge on any atom is 0.311 e. The van der Waals surface area contributed by atoms with E-state index in [2.05, 4.69) is 5.32 Å². The van der Waals surface area contributed by atoms with Gasteiger partial charge in [0, 0.05) is 38.1 Å². The molecule has 300 valence electrons. The van der Waals surface area contributed by atoms with Crippen molar-refractivity contribution in [1.29, 1.82) is 0 Å². The zero-order valence-corrected chi connectivity index (χ0v) is 33.2. The van der Waals surface area contributed by atoms with Crippen LogP contribution in [0.25, 0.3) is 0 Å². The number of likely N-dealkylation sites (N-methyl/N-ethyl adjacent to an activating group) is 2. The minimum atomic E-state index is -1.80. The van der Waals surface area contributed by atoms with Gasteiger partial charge in [-0.15, -0.1) is 0 Å². The second-order valence-corrected chi connectivity index (χ2v) is 16.5. The maximum absolute atomic E-state index is 14.2. The predicted octanol–water partition coefficient (Wildman–Crippen LogP) is 1.56. The van der Waals surface area contributed by atoms with Crippen molar-refractivity contribution in [3.63, 3.8) is 0 Å². The molecule has 14 nitrogen and oxygen atoms in total. The number of aliphatic hydroxyl groups excluding tert-OH is 3. The lowest BCUT2D eigenvalue weighted by Gasteiger charge is -2.48. The van der Waals surface area contributed by atoms with Crippen LogP contribution >= 0.6 is 0 Å². The third-order valence-corrected chi connectivity index (χ3v) is 11.9. The lowest BCUT2D eigenvalue weighted by Crippen LogP contribution is -2.60. The number of ether oxygens (including phenoxy) is 6. The minimum absolute atomic E-state index is 0.132. The van der Waals surface area contributed by atoms with Crippen molar-refractivity contribution >= 4 is 5.97 Å². The average molecular weight is 735 g/mol. The monoisotopic (exact) mass is 734 g/mol. The fourth-order valence-electron chi connectivity index (χ4n) is 8.53. The largest absolute Gasteiger partial charge is 0.459 e. The molecule has 3 aliphatic rings. The van der Waals surface area contributed by atoms with Crippen LogP contribution in [0.3, 0.4) is 0 Å². The molecule has 51 heavy (non-hydrogen) atoms. The van der Waals surface area contributed by atoms with Gasteiger partial charge in [-0.3, -0.25) is 4.79 Å². The van der Waals surface area contributed by atoms with Gasteiger partial charge in [0.1, 0.15) is 30.0 Å². The van der Waals surface area contributed by atoms with E-state index in [9.17, 15) is 30.3 Å². The Hall–Kier alpha value is -1.01. The molecule has 3 rings (SSSR count). The molecule has 14 heteroatoms. The highest BCUT2D eigenvalue weighted by atomic mass is 16.7. The number of carbonyl (C=O) groups excluding carboxylic acids is 1. The summed E-state index contributed by atoms with van der Waals surface area (Å²) >= 11 is 0. The Morgan fingerprint density at radius 1 is 0.961 bits per heavy atom. The SMILES string of the molecule is CC[C@H]1OC(=O)[C@H](C)[C@@H](O[C@H]2C[C@@](C)(OC)[C@@H](O)[C@H](C)O2)[C@H](C)[C@@H](O[C@@H]2O[C@H](C)C[C@H](NC)[C@H]2O)[C@](C)(O)C[C@@H](C)CN(C)[C@H](C)[C@H](O)[C@]1(C)O. The second-order valence-electron chi connectivity index (χ2n) is 16.5. The number of hydrogen-bond donors (Lipinski definition) is 6. The number of cyclic esters (lactones) is 1. The first-order valence-corrected chi connectivity index (χ1v) is 18.8. The minimum Gasteiger partial charge on any atom is -0.459 e. The van der Waals surface area contributed by atoms with Gasteiger partial charge in [-0.25, -0.2) is 0 Å². The number of rotatable bonds is 7. The molecule has 0 amide bonds. The number of aliphatic hydroxyl groups is 5. The van der Waals surface area contributed by atoms with Crippen molar-refractivity contribution < 1.29 is 58.7 Å². The summed E-state index contributed by atoms with van der Waals surface area (Å²) in [5.74, 6) is -2.59. The van der Waals surface area contributed by atoms with E-state index in [0.29, 0.717) is 13.0 Å². The van der Waals surface area contributed by atoms with Crippen LogP contribution < -0.4 is 5.32 Å². The van der Waals surface area contributed by atoms with Gasteiger partial charge >= 0.3 is 5.97 Å². The van der Waals surface area contributed by atoms with Gasteiger partial charge in [0.15, 0.2) is 12.6 Å². The van der Waals surface area contributed by atoms with Gasteiger partial charge in [0.2, 0.25) is 0 Å². The highest BCUT2D eigenvalue weighted by molar-refractivity contribution is 5.73. The van der Waals surface area contributed by atoms with E-state index in [4.69, 9.17) is 28.4 Å². The Morgan fingerprint density at radius 3 is 2.16 bits per heavy atom. The third kappa shape index (κ3) is 10.0.